The third kappa shape index (κ3) is 7.38. The third-order valence-corrected chi connectivity index (χ3v) is 4.89. The van der Waals surface area contributed by atoms with Crippen LogP contribution in [0.1, 0.15) is 62.0 Å². The van der Waals surface area contributed by atoms with Crippen molar-refractivity contribution >= 4 is 17.7 Å². The van der Waals surface area contributed by atoms with Crippen LogP contribution in [0.5, 0.6) is 0 Å². The van der Waals surface area contributed by atoms with E-state index in [1.54, 1.807) is 17.0 Å². The summed E-state index contributed by atoms with van der Waals surface area (Å²) in [4.78, 5) is 30.0. The molecule has 32 heavy (non-hydrogen) atoms. The highest BCUT2D eigenvalue weighted by Gasteiger charge is 2.22. The number of benzene rings is 2. The zero-order valence-corrected chi connectivity index (χ0v) is 19.4. The van der Waals surface area contributed by atoms with Crippen LogP contribution in [0.3, 0.4) is 0 Å². The minimum Gasteiger partial charge on any atom is -0.445 e. The lowest BCUT2D eigenvalue weighted by Crippen LogP contribution is -2.36. The molecule has 6 nitrogen and oxygen atoms in total. The molecule has 1 heterocycles. The Labute approximate surface area is 190 Å². The van der Waals surface area contributed by atoms with Crippen molar-refractivity contribution in [2.75, 3.05) is 13.1 Å². The number of rotatable bonds is 5. The normalized spacial score (nSPS) is 13.9. The number of aliphatic imine (C=N–C) groups is 1. The van der Waals surface area contributed by atoms with Crippen LogP contribution in [-0.4, -0.2) is 35.7 Å². The van der Waals surface area contributed by atoms with Gasteiger partial charge >= 0.3 is 6.09 Å². The van der Waals surface area contributed by atoms with Gasteiger partial charge in [-0.1, -0.05) is 62.7 Å². The summed E-state index contributed by atoms with van der Waals surface area (Å²) < 4.78 is 5.42. The Kier molecular flexibility index (Phi) is 9.67. The van der Waals surface area contributed by atoms with Gasteiger partial charge in [0.15, 0.2) is 0 Å². The fourth-order valence-corrected chi connectivity index (χ4v) is 3.17. The average molecular weight is 436 g/mol. The van der Waals surface area contributed by atoms with Gasteiger partial charge in [-0.15, -0.1) is 0 Å². The molecule has 2 N–H and O–H groups in total. The van der Waals surface area contributed by atoms with E-state index in [2.05, 4.69) is 13.8 Å². The summed E-state index contributed by atoms with van der Waals surface area (Å²) in [6, 6.07) is 16.7. The number of primary amides is 1. The number of amides is 2. The first-order valence-corrected chi connectivity index (χ1v) is 10.9. The summed E-state index contributed by atoms with van der Waals surface area (Å²) in [5, 5.41) is 0. The smallest absolute Gasteiger partial charge is 0.410 e. The average Bonchev–Trinajstić information content (AvgIpc) is 2.80. The molecule has 0 unspecified atom stereocenters. The first kappa shape index (κ1) is 24.9. The van der Waals surface area contributed by atoms with Crippen LogP contribution < -0.4 is 5.73 Å². The SMILES string of the molecule is CC(=NC1=C(C)CN(C(=O)OCc2ccccc2)CC1)c1ccc(C(N)=O)cc1.CCC. The van der Waals surface area contributed by atoms with Crippen molar-refractivity contribution in [3.05, 3.63) is 82.6 Å². The van der Waals surface area contributed by atoms with E-state index in [1.165, 1.54) is 6.42 Å². The van der Waals surface area contributed by atoms with Crippen molar-refractivity contribution in [2.45, 2.75) is 47.1 Å². The van der Waals surface area contributed by atoms with Crippen LogP contribution in [0.2, 0.25) is 0 Å². The Morgan fingerprint density at radius 1 is 1.03 bits per heavy atom. The summed E-state index contributed by atoms with van der Waals surface area (Å²) >= 11 is 0. The van der Waals surface area contributed by atoms with Crippen molar-refractivity contribution in [1.82, 2.24) is 4.90 Å². The van der Waals surface area contributed by atoms with E-state index in [0.717, 1.165) is 28.1 Å². The number of nitrogens with two attached hydrogens (primary N) is 1. The molecule has 2 aromatic rings. The monoisotopic (exact) mass is 435 g/mol. The van der Waals surface area contributed by atoms with E-state index in [1.807, 2.05) is 56.3 Å². The second-order valence-corrected chi connectivity index (χ2v) is 7.78. The lowest BCUT2D eigenvalue weighted by atomic mass is 10.1. The van der Waals surface area contributed by atoms with Crippen LogP contribution in [0.25, 0.3) is 0 Å². The van der Waals surface area contributed by atoms with Gasteiger partial charge < -0.3 is 15.4 Å². The molecule has 0 aliphatic carbocycles. The summed E-state index contributed by atoms with van der Waals surface area (Å²) in [5.41, 5.74) is 10.5. The van der Waals surface area contributed by atoms with Gasteiger partial charge in [0.25, 0.3) is 0 Å². The van der Waals surface area contributed by atoms with E-state index in [-0.39, 0.29) is 12.7 Å². The molecule has 170 valence electrons. The van der Waals surface area contributed by atoms with Crippen LogP contribution in [-0.2, 0) is 11.3 Å². The predicted molar refractivity (Wildman–Crippen MR) is 129 cm³/mol. The Morgan fingerprint density at radius 3 is 2.19 bits per heavy atom. The molecule has 2 amide bonds. The molecule has 0 fully saturated rings. The third-order valence-electron chi connectivity index (χ3n) is 4.89. The first-order valence-electron chi connectivity index (χ1n) is 10.9. The second-order valence-electron chi connectivity index (χ2n) is 7.78. The van der Waals surface area contributed by atoms with E-state index >= 15 is 0 Å². The molecule has 3 rings (SSSR count). The van der Waals surface area contributed by atoms with E-state index in [9.17, 15) is 9.59 Å². The molecule has 0 saturated carbocycles. The zero-order valence-electron chi connectivity index (χ0n) is 19.4. The van der Waals surface area contributed by atoms with Gasteiger partial charge in [-0.05, 0) is 42.7 Å². The number of carbonyl (C=O) groups excluding carboxylic acids is 2. The Hall–Kier alpha value is -3.41. The molecule has 6 heteroatoms. The summed E-state index contributed by atoms with van der Waals surface area (Å²) in [7, 11) is 0. The molecule has 1 aliphatic heterocycles. The maximum atomic E-state index is 12.4. The van der Waals surface area contributed by atoms with Gasteiger partial charge in [-0.3, -0.25) is 9.79 Å². The standard InChI is InChI=1S/C23H25N3O3.C3H8/c1-16-14-26(23(28)29-15-18-6-4-3-5-7-18)13-12-21(16)25-17(2)19-8-10-20(11-9-19)22(24)27;1-3-2/h3-11H,12-15H2,1-2H3,(H2,24,27);3H2,1-2H3. The molecular weight excluding hydrogens is 402 g/mol. The van der Waals surface area contributed by atoms with Crippen LogP contribution in [0.4, 0.5) is 4.79 Å². The molecule has 0 bridgehead atoms. The summed E-state index contributed by atoms with van der Waals surface area (Å²) in [6.07, 6.45) is 1.61. The fourth-order valence-electron chi connectivity index (χ4n) is 3.17. The molecule has 1 aliphatic rings. The number of nitrogens with zero attached hydrogens (tertiary/aromatic N) is 2. The largest absolute Gasteiger partial charge is 0.445 e. The van der Waals surface area contributed by atoms with Gasteiger partial charge in [-0.2, -0.15) is 0 Å². The Morgan fingerprint density at radius 2 is 1.62 bits per heavy atom. The predicted octanol–water partition coefficient (Wildman–Crippen LogP) is 5.33. The minimum absolute atomic E-state index is 0.268. The van der Waals surface area contributed by atoms with Gasteiger partial charge in [0.2, 0.25) is 5.91 Å². The van der Waals surface area contributed by atoms with Crippen LogP contribution in [0, 0.1) is 0 Å². The minimum atomic E-state index is -0.448. The topological polar surface area (TPSA) is 85.0 Å². The molecule has 0 aromatic heterocycles. The van der Waals surface area contributed by atoms with E-state index in [4.69, 9.17) is 15.5 Å². The van der Waals surface area contributed by atoms with Gasteiger partial charge in [0.1, 0.15) is 6.61 Å². The Bertz CT molecular complexity index is 964. The van der Waals surface area contributed by atoms with E-state index in [0.29, 0.717) is 25.1 Å². The second kappa shape index (κ2) is 12.4. The lowest BCUT2D eigenvalue weighted by molar-refractivity contribution is 0.0975. The highest BCUT2D eigenvalue weighted by Crippen LogP contribution is 2.21. The molecule has 2 aromatic carbocycles. The van der Waals surface area contributed by atoms with Gasteiger partial charge in [0, 0.05) is 36.5 Å². The molecular formula is C26H33N3O3. The summed E-state index contributed by atoms with van der Waals surface area (Å²) in [6.45, 7) is 9.50. The number of ether oxygens (including phenoxy) is 1. The van der Waals surface area contributed by atoms with Crippen molar-refractivity contribution in [1.29, 1.82) is 0 Å². The van der Waals surface area contributed by atoms with Gasteiger partial charge in [0.05, 0.1) is 0 Å². The molecule has 0 saturated heterocycles. The number of hydrogen-bond acceptors (Lipinski definition) is 4. The van der Waals surface area contributed by atoms with Crippen molar-refractivity contribution < 1.29 is 14.3 Å². The number of hydrogen-bond donors (Lipinski definition) is 1. The van der Waals surface area contributed by atoms with E-state index < -0.39 is 5.91 Å². The maximum Gasteiger partial charge on any atom is 0.410 e. The molecule has 0 radical (unpaired) electrons. The van der Waals surface area contributed by atoms with Gasteiger partial charge in [-0.25, -0.2) is 4.79 Å². The van der Waals surface area contributed by atoms with Crippen molar-refractivity contribution in [3.8, 4) is 0 Å². The molecule has 0 spiro atoms. The zero-order chi connectivity index (χ0) is 23.5. The summed E-state index contributed by atoms with van der Waals surface area (Å²) in [5.74, 6) is -0.448. The maximum absolute atomic E-state index is 12.4. The van der Waals surface area contributed by atoms with Crippen LogP contribution >= 0.6 is 0 Å². The fraction of sp³-hybridized carbons (Fsp3) is 0.346. The Balaban J connectivity index is 0.00000114. The van der Waals surface area contributed by atoms with Crippen molar-refractivity contribution in [2.24, 2.45) is 10.7 Å². The van der Waals surface area contributed by atoms with Crippen molar-refractivity contribution in [3.63, 3.8) is 0 Å². The van der Waals surface area contributed by atoms with Crippen LogP contribution in [0.15, 0.2) is 70.9 Å². The highest BCUT2D eigenvalue weighted by molar-refractivity contribution is 6.00. The lowest BCUT2D eigenvalue weighted by Gasteiger charge is -2.28. The first-order chi connectivity index (χ1) is 15.3. The quantitative estimate of drug-likeness (QED) is 0.644. The highest BCUT2D eigenvalue weighted by atomic mass is 16.6. The molecule has 0 atom stereocenters. The number of carbonyl (C=O) groups is 2.